The Bertz CT molecular complexity index is 473. The normalized spacial score (nSPS) is 11.9. The monoisotopic (exact) mass is 299 g/mol. The maximum absolute atomic E-state index is 11.7. The molecule has 0 aromatic carbocycles. The van der Waals surface area contributed by atoms with Crippen molar-refractivity contribution in [1.29, 1.82) is 0 Å². The number of nitrogens with zero attached hydrogens (tertiary/aromatic N) is 1. The number of nitrogens with one attached hydrogen (secondary N) is 2. The van der Waals surface area contributed by atoms with Crippen molar-refractivity contribution in [2.45, 2.75) is 40.0 Å². The number of carbonyl (C=O) groups is 2. The van der Waals surface area contributed by atoms with E-state index in [1.54, 1.807) is 0 Å². The van der Waals surface area contributed by atoms with Gasteiger partial charge >= 0.3 is 12.0 Å². The van der Waals surface area contributed by atoms with Crippen LogP contribution in [0.1, 0.15) is 37.3 Å². The molecule has 0 saturated carbocycles. The summed E-state index contributed by atoms with van der Waals surface area (Å²) in [6.45, 7) is 6.24. The van der Waals surface area contributed by atoms with Crippen molar-refractivity contribution in [2.75, 3.05) is 11.9 Å². The lowest BCUT2D eigenvalue weighted by Crippen LogP contribution is -2.33. The van der Waals surface area contributed by atoms with Crippen LogP contribution in [0.2, 0.25) is 0 Å². The van der Waals surface area contributed by atoms with E-state index in [2.05, 4.69) is 15.6 Å². The van der Waals surface area contributed by atoms with Gasteiger partial charge in [0.2, 0.25) is 0 Å². The van der Waals surface area contributed by atoms with E-state index in [1.165, 1.54) is 11.3 Å². The van der Waals surface area contributed by atoms with Crippen molar-refractivity contribution in [3.63, 3.8) is 0 Å². The van der Waals surface area contributed by atoms with Gasteiger partial charge in [0.1, 0.15) is 0 Å². The number of carboxylic acids is 1. The highest BCUT2D eigenvalue weighted by Crippen LogP contribution is 2.22. The Morgan fingerprint density at radius 3 is 2.60 bits per heavy atom. The predicted molar refractivity (Wildman–Crippen MR) is 79.3 cm³/mol. The lowest BCUT2D eigenvalue weighted by atomic mass is 10.0. The minimum Gasteiger partial charge on any atom is -0.481 e. The third-order valence-corrected chi connectivity index (χ3v) is 3.97. The van der Waals surface area contributed by atoms with Crippen LogP contribution < -0.4 is 10.6 Å². The van der Waals surface area contributed by atoms with Crippen LogP contribution in [-0.2, 0) is 11.2 Å². The molecule has 0 aliphatic rings. The fraction of sp³-hybridized carbons (Fsp3) is 0.615. The van der Waals surface area contributed by atoms with Crippen LogP contribution >= 0.6 is 11.3 Å². The molecular weight excluding hydrogens is 278 g/mol. The molecular formula is C13H21N3O3S. The quantitative estimate of drug-likeness (QED) is 0.721. The molecule has 0 aliphatic heterocycles. The van der Waals surface area contributed by atoms with E-state index in [1.807, 2.05) is 20.8 Å². The highest BCUT2D eigenvalue weighted by molar-refractivity contribution is 7.15. The van der Waals surface area contributed by atoms with Gasteiger partial charge in [-0.25, -0.2) is 9.78 Å². The molecule has 1 unspecified atom stereocenters. The van der Waals surface area contributed by atoms with Crippen LogP contribution in [0.15, 0.2) is 0 Å². The molecule has 0 radical (unpaired) electrons. The molecule has 1 rings (SSSR count). The van der Waals surface area contributed by atoms with Gasteiger partial charge in [0.05, 0.1) is 5.69 Å². The minimum absolute atomic E-state index is 0.0533. The van der Waals surface area contributed by atoms with Gasteiger partial charge in [0.25, 0.3) is 0 Å². The first-order valence-corrected chi connectivity index (χ1v) is 7.50. The Morgan fingerprint density at radius 2 is 2.10 bits per heavy atom. The standard InChI is InChI=1S/C13H21N3O3S/c1-4-9(6-11(17)18)7-14-12(19)16-13-15-10(5-2)8(3)20-13/h9H,4-7H2,1-3H3,(H,17,18)(H2,14,15,16,19). The second kappa shape index (κ2) is 7.84. The van der Waals surface area contributed by atoms with Gasteiger partial charge < -0.3 is 10.4 Å². The van der Waals surface area contributed by atoms with E-state index in [4.69, 9.17) is 5.11 Å². The van der Waals surface area contributed by atoms with E-state index in [0.717, 1.165) is 17.0 Å². The molecule has 2 amide bonds. The molecule has 1 aromatic rings. The Balaban J connectivity index is 2.44. The summed E-state index contributed by atoms with van der Waals surface area (Å²) in [6.07, 6.45) is 1.61. The number of hydrogen-bond acceptors (Lipinski definition) is 4. The summed E-state index contributed by atoms with van der Waals surface area (Å²) in [5.41, 5.74) is 0.989. The van der Waals surface area contributed by atoms with E-state index < -0.39 is 5.97 Å². The maximum atomic E-state index is 11.7. The minimum atomic E-state index is -0.845. The summed E-state index contributed by atoms with van der Waals surface area (Å²) in [5.74, 6) is -0.898. The number of amides is 2. The van der Waals surface area contributed by atoms with Crippen LogP contribution in [0.25, 0.3) is 0 Å². The molecule has 0 bridgehead atoms. The zero-order valence-corrected chi connectivity index (χ0v) is 12.8. The van der Waals surface area contributed by atoms with Gasteiger partial charge in [-0.2, -0.15) is 0 Å². The second-order valence-electron chi connectivity index (χ2n) is 4.58. The van der Waals surface area contributed by atoms with Crippen molar-refractivity contribution in [2.24, 2.45) is 5.92 Å². The zero-order valence-electron chi connectivity index (χ0n) is 12.0. The highest BCUT2D eigenvalue weighted by Gasteiger charge is 2.13. The second-order valence-corrected chi connectivity index (χ2v) is 5.79. The van der Waals surface area contributed by atoms with E-state index in [0.29, 0.717) is 18.1 Å². The fourth-order valence-corrected chi connectivity index (χ4v) is 2.69. The number of aliphatic carboxylic acids is 1. The van der Waals surface area contributed by atoms with E-state index in [9.17, 15) is 9.59 Å². The number of aryl methyl sites for hydroxylation is 2. The Hall–Kier alpha value is -1.63. The Kier molecular flexibility index (Phi) is 6.44. The molecule has 112 valence electrons. The topological polar surface area (TPSA) is 91.3 Å². The number of thiazole rings is 1. The largest absolute Gasteiger partial charge is 0.481 e. The Morgan fingerprint density at radius 1 is 1.40 bits per heavy atom. The fourth-order valence-electron chi connectivity index (χ4n) is 1.80. The zero-order chi connectivity index (χ0) is 15.1. The number of urea groups is 1. The van der Waals surface area contributed by atoms with Crippen molar-refractivity contribution < 1.29 is 14.7 Å². The lowest BCUT2D eigenvalue weighted by Gasteiger charge is -2.13. The summed E-state index contributed by atoms with van der Waals surface area (Å²) < 4.78 is 0. The number of hydrogen-bond donors (Lipinski definition) is 3. The molecule has 0 spiro atoms. The maximum Gasteiger partial charge on any atom is 0.321 e. The third kappa shape index (κ3) is 5.16. The molecule has 1 atom stereocenters. The van der Waals surface area contributed by atoms with Crippen molar-refractivity contribution in [1.82, 2.24) is 10.3 Å². The summed E-state index contributed by atoms with van der Waals surface area (Å²) in [5, 5.41) is 14.7. The SMILES string of the molecule is CCc1nc(NC(=O)NCC(CC)CC(=O)O)sc1C. The molecule has 20 heavy (non-hydrogen) atoms. The van der Waals surface area contributed by atoms with E-state index in [-0.39, 0.29) is 18.4 Å². The summed E-state index contributed by atoms with van der Waals surface area (Å²) in [6, 6.07) is -0.342. The number of carboxylic acid groups (broad SMARTS) is 1. The number of aromatic nitrogens is 1. The molecule has 1 aromatic heterocycles. The van der Waals surface area contributed by atoms with Crippen LogP contribution in [0.3, 0.4) is 0 Å². The smallest absolute Gasteiger partial charge is 0.321 e. The molecule has 0 saturated heterocycles. The van der Waals surface area contributed by atoms with Crippen molar-refractivity contribution in [3.05, 3.63) is 10.6 Å². The van der Waals surface area contributed by atoms with Crippen LogP contribution in [-0.4, -0.2) is 28.6 Å². The van der Waals surface area contributed by atoms with Gasteiger partial charge in [0.15, 0.2) is 5.13 Å². The van der Waals surface area contributed by atoms with Crippen molar-refractivity contribution in [3.8, 4) is 0 Å². The summed E-state index contributed by atoms with van der Waals surface area (Å²) in [4.78, 5) is 27.8. The molecule has 3 N–H and O–H groups in total. The molecule has 0 aliphatic carbocycles. The van der Waals surface area contributed by atoms with Gasteiger partial charge in [0, 0.05) is 17.8 Å². The molecule has 6 nitrogen and oxygen atoms in total. The number of carbonyl (C=O) groups excluding carboxylic acids is 1. The highest BCUT2D eigenvalue weighted by atomic mass is 32.1. The van der Waals surface area contributed by atoms with Crippen molar-refractivity contribution >= 4 is 28.5 Å². The first kappa shape index (κ1) is 16.4. The van der Waals surface area contributed by atoms with Gasteiger partial charge in [-0.3, -0.25) is 10.1 Å². The molecule has 7 heteroatoms. The lowest BCUT2D eigenvalue weighted by molar-refractivity contribution is -0.138. The number of anilines is 1. The van der Waals surface area contributed by atoms with Crippen LogP contribution in [0.4, 0.5) is 9.93 Å². The van der Waals surface area contributed by atoms with Gasteiger partial charge in [-0.15, -0.1) is 11.3 Å². The molecule has 0 fully saturated rings. The average molecular weight is 299 g/mol. The van der Waals surface area contributed by atoms with Gasteiger partial charge in [-0.1, -0.05) is 20.3 Å². The first-order chi connectivity index (χ1) is 9.46. The first-order valence-electron chi connectivity index (χ1n) is 6.69. The van der Waals surface area contributed by atoms with Gasteiger partial charge in [-0.05, 0) is 19.3 Å². The Labute approximate surface area is 122 Å². The number of rotatable bonds is 7. The molecule has 1 heterocycles. The van der Waals surface area contributed by atoms with Crippen LogP contribution in [0.5, 0.6) is 0 Å². The average Bonchev–Trinajstić information content (AvgIpc) is 2.74. The van der Waals surface area contributed by atoms with Crippen LogP contribution in [0, 0.1) is 12.8 Å². The van der Waals surface area contributed by atoms with E-state index >= 15 is 0 Å². The third-order valence-electron chi connectivity index (χ3n) is 3.04. The summed E-state index contributed by atoms with van der Waals surface area (Å²) in [7, 11) is 0. The predicted octanol–water partition coefficient (Wildman–Crippen LogP) is 2.64. The summed E-state index contributed by atoms with van der Waals surface area (Å²) >= 11 is 1.44.